The van der Waals surface area contributed by atoms with Crippen LogP contribution in [0.2, 0.25) is 0 Å². The number of amides is 1. The minimum Gasteiger partial charge on any atom is -0.353 e. The molecule has 0 saturated carbocycles. The number of likely N-dealkylation sites (N-methyl/N-ethyl adjacent to an activating group) is 1. The molecule has 0 unspecified atom stereocenters. The molecule has 3 N–H and O–H groups in total. The van der Waals surface area contributed by atoms with Crippen molar-refractivity contribution in [2.24, 2.45) is 11.7 Å². The summed E-state index contributed by atoms with van der Waals surface area (Å²) in [5.74, 6) is 0.177. The van der Waals surface area contributed by atoms with E-state index in [0.717, 1.165) is 13.1 Å². The predicted molar refractivity (Wildman–Crippen MR) is 61.5 cm³/mol. The molecule has 1 heterocycles. The van der Waals surface area contributed by atoms with Crippen LogP contribution >= 0.6 is 0 Å². The Bertz CT molecular complexity index is 218. The highest BCUT2D eigenvalue weighted by Gasteiger charge is 2.23. The van der Waals surface area contributed by atoms with Crippen molar-refractivity contribution in [2.75, 3.05) is 20.1 Å². The Labute approximate surface area is 92.2 Å². The van der Waals surface area contributed by atoms with E-state index in [1.807, 2.05) is 13.8 Å². The summed E-state index contributed by atoms with van der Waals surface area (Å²) in [5, 5.41) is 2.93. The summed E-state index contributed by atoms with van der Waals surface area (Å²) in [6.45, 7) is 5.80. The molecule has 0 radical (unpaired) electrons. The van der Waals surface area contributed by atoms with Gasteiger partial charge in [0.25, 0.3) is 0 Å². The Hall–Kier alpha value is -0.610. The van der Waals surface area contributed by atoms with Crippen molar-refractivity contribution in [2.45, 2.75) is 38.8 Å². The van der Waals surface area contributed by atoms with Crippen molar-refractivity contribution < 1.29 is 4.79 Å². The zero-order valence-electron chi connectivity index (χ0n) is 9.99. The van der Waals surface area contributed by atoms with Crippen molar-refractivity contribution in [1.29, 1.82) is 0 Å². The molecule has 1 aliphatic heterocycles. The standard InChI is InChI=1S/C11H23N3O/c1-8(2)10(12)11(15)13-7-9-5-4-6-14(9)3/h8-10H,4-7,12H2,1-3H3,(H,13,15)/t9-,10+/m1/s1. The van der Waals surface area contributed by atoms with Gasteiger partial charge in [0.15, 0.2) is 0 Å². The first kappa shape index (κ1) is 12.5. The largest absolute Gasteiger partial charge is 0.353 e. The van der Waals surface area contributed by atoms with Gasteiger partial charge in [-0.1, -0.05) is 13.8 Å². The van der Waals surface area contributed by atoms with Gasteiger partial charge in [0.2, 0.25) is 5.91 Å². The average molecular weight is 213 g/mol. The highest BCUT2D eigenvalue weighted by atomic mass is 16.2. The van der Waals surface area contributed by atoms with E-state index in [4.69, 9.17) is 5.73 Å². The highest BCUT2D eigenvalue weighted by Crippen LogP contribution is 2.13. The van der Waals surface area contributed by atoms with E-state index in [-0.39, 0.29) is 17.9 Å². The predicted octanol–water partition coefficient (Wildman–Crippen LogP) is 0.180. The zero-order valence-corrected chi connectivity index (χ0v) is 9.99. The van der Waals surface area contributed by atoms with Gasteiger partial charge in [0, 0.05) is 12.6 Å². The van der Waals surface area contributed by atoms with Gasteiger partial charge in [0.1, 0.15) is 0 Å². The van der Waals surface area contributed by atoms with Gasteiger partial charge in [-0.15, -0.1) is 0 Å². The fraction of sp³-hybridized carbons (Fsp3) is 0.909. The van der Waals surface area contributed by atoms with E-state index in [1.165, 1.54) is 12.8 Å². The van der Waals surface area contributed by atoms with Crippen molar-refractivity contribution in [3.05, 3.63) is 0 Å². The van der Waals surface area contributed by atoms with Crippen molar-refractivity contribution >= 4 is 5.91 Å². The first-order chi connectivity index (χ1) is 7.02. The SMILES string of the molecule is CC(C)[C@H](N)C(=O)NC[C@H]1CCCN1C. The molecule has 0 aromatic rings. The smallest absolute Gasteiger partial charge is 0.237 e. The number of nitrogens with two attached hydrogens (primary N) is 1. The highest BCUT2D eigenvalue weighted by molar-refractivity contribution is 5.81. The maximum absolute atomic E-state index is 11.6. The number of likely N-dealkylation sites (tertiary alicyclic amines) is 1. The molecule has 15 heavy (non-hydrogen) atoms. The van der Waals surface area contributed by atoms with E-state index >= 15 is 0 Å². The summed E-state index contributed by atoms with van der Waals surface area (Å²) >= 11 is 0. The molecule has 4 heteroatoms. The molecule has 0 spiro atoms. The molecule has 4 nitrogen and oxygen atoms in total. The van der Waals surface area contributed by atoms with Crippen LogP contribution in [-0.2, 0) is 4.79 Å². The average Bonchev–Trinajstić information content (AvgIpc) is 2.59. The minimum atomic E-state index is -0.378. The first-order valence-corrected chi connectivity index (χ1v) is 5.76. The van der Waals surface area contributed by atoms with Gasteiger partial charge >= 0.3 is 0 Å². The number of hydrogen-bond donors (Lipinski definition) is 2. The van der Waals surface area contributed by atoms with Crippen LogP contribution in [0, 0.1) is 5.92 Å². The van der Waals surface area contributed by atoms with Crippen LogP contribution in [0.5, 0.6) is 0 Å². The van der Waals surface area contributed by atoms with Crippen LogP contribution in [-0.4, -0.2) is 43.0 Å². The molecule has 1 amide bonds. The number of nitrogens with zero attached hydrogens (tertiary/aromatic N) is 1. The van der Waals surface area contributed by atoms with Crippen LogP contribution in [0.25, 0.3) is 0 Å². The summed E-state index contributed by atoms with van der Waals surface area (Å²) in [7, 11) is 2.10. The van der Waals surface area contributed by atoms with Gasteiger partial charge in [-0.2, -0.15) is 0 Å². The second kappa shape index (κ2) is 5.47. The second-order valence-corrected chi connectivity index (χ2v) is 4.79. The van der Waals surface area contributed by atoms with Gasteiger partial charge in [0.05, 0.1) is 6.04 Å². The number of hydrogen-bond acceptors (Lipinski definition) is 3. The third-order valence-electron chi connectivity index (χ3n) is 3.20. The molecule has 2 atom stereocenters. The topological polar surface area (TPSA) is 58.4 Å². The number of carbonyl (C=O) groups is 1. The Morgan fingerprint density at radius 1 is 1.60 bits per heavy atom. The summed E-state index contributed by atoms with van der Waals surface area (Å²) in [6, 6.07) is 0.116. The molecular formula is C11H23N3O. The maximum Gasteiger partial charge on any atom is 0.237 e. The Balaban J connectivity index is 2.27. The second-order valence-electron chi connectivity index (χ2n) is 4.79. The number of carbonyl (C=O) groups excluding carboxylic acids is 1. The minimum absolute atomic E-state index is 0.0229. The lowest BCUT2D eigenvalue weighted by atomic mass is 10.0. The molecule has 88 valence electrons. The third-order valence-corrected chi connectivity index (χ3v) is 3.20. The van der Waals surface area contributed by atoms with Crippen LogP contribution in [0.3, 0.4) is 0 Å². The Morgan fingerprint density at radius 3 is 2.73 bits per heavy atom. The van der Waals surface area contributed by atoms with Crippen molar-refractivity contribution in [3.63, 3.8) is 0 Å². The molecule has 0 aromatic heterocycles. The maximum atomic E-state index is 11.6. The van der Waals surface area contributed by atoms with Crippen LogP contribution in [0.4, 0.5) is 0 Å². The van der Waals surface area contributed by atoms with E-state index in [9.17, 15) is 4.79 Å². The molecule has 1 saturated heterocycles. The van der Waals surface area contributed by atoms with E-state index in [1.54, 1.807) is 0 Å². The lowest BCUT2D eigenvalue weighted by Gasteiger charge is -2.21. The number of rotatable bonds is 4. The third kappa shape index (κ3) is 3.47. The lowest BCUT2D eigenvalue weighted by molar-refractivity contribution is -0.123. The molecule has 0 aliphatic carbocycles. The van der Waals surface area contributed by atoms with Gasteiger partial charge in [-0.3, -0.25) is 4.79 Å². The van der Waals surface area contributed by atoms with Crippen LogP contribution in [0.1, 0.15) is 26.7 Å². The van der Waals surface area contributed by atoms with Gasteiger partial charge in [-0.25, -0.2) is 0 Å². The number of nitrogens with one attached hydrogen (secondary N) is 1. The van der Waals surface area contributed by atoms with Crippen molar-refractivity contribution in [3.8, 4) is 0 Å². The summed E-state index contributed by atoms with van der Waals surface area (Å²) in [5.41, 5.74) is 5.75. The van der Waals surface area contributed by atoms with Crippen molar-refractivity contribution in [1.82, 2.24) is 10.2 Å². The van der Waals surface area contributed by atoms with Crippen LogP contribution < -0.4 is 11.1 Å². The summed E-state index contributed by atoms with van der Waals surface area (Å²) < 4.78 is 0. The van der Waals surface area contributed by atoms with Gasteiger partial charge in [-0.05, 0) is 32.4 Å². The fourth-order valence-corrected chi connectivity index (χ4v) is 1.88. The van der Waals surface area contributed by atoms with E-state index < -0.39 is 0 Å². The molecule has 1 aliphatic rings. The van der Waals surface area contributed by atoms with Gasteiger partial charge < -0.3 is 16.0 Å². The lowest BCUT2D eigenvalue weighted by Crippen LogP contribution is -2.47. The van der Waals surface area contributed by atoms with Crippen LogP contribution in [0.15, 0.2) is 0 Å². The first-order valence-electron chi connectivity index (χ1n) is 5.76. The molecule has 0 aromatic carbocycles. The molecule has 1 fully saturated rings. The fourth-order valence-electron chi connectivity index (χ4n) is 1.88. The molecule has 0 bridgehead atoms. The van der Waals surface area contributed by atoms with E-state index in [0.29, 0.717) is 6.04 Å². The molecule has 1 rings (SSSR count). The van der Waals surface area contributed by atoms with E-state index in [2.05, 4.69) is 17.3 Å². The Kier molecular flexibility index (Phi) is 4.54. The zero-order chi connectivity index (χ0) is 11.4. The quantitative estimate of drug-likeness (QED) is 0.700. The monoisotopic (exact) mass is 213 g/mol. The summed E-state index contributed by atoms with van der Waals surface area (Å²) in [6.07, 6.45) is 2.40. The summed E-state index contributed by atoms with van der Waals surface area (Å²) in [4.78, 5) is 13.9. The normalized spacial score (nSPS) is 24.5. The molecular weight excluding hydrogens is 190 g/mol. The Morgan fingerprint density at radius 2 is 2.27 bits per heavy atom.